The van der Waals surface area contributed by atoms with Crippen LogP contribution >= 0.6 is 15.9 Å². The van der Waals surface area contributed by atoms with Gasteiger partial charge < -0.3 is 9.47 Å². The Kier molecular flexibility index (Phi) is 5.11. The maximum Gasteiger partial charge on any atom is 0.322 e. The largest absolute Gasteiger partial charge is 0.465 e. The zero-order chi connectivity index (χ0) is 15.5. The van der Waals surface area contributed by atoms with Crippen molar-refractivity contribution in [3.63, 3.8) is 0 Å². The van der Waals surface area contributed by atoms with Crippen molar-refractivity contribution in [3.8, 4) is 0 Å². The third kappa shape index (κ3) is 3.32. The monoisotopic (exact) mass is 358 g/mol. The molecule has 1 heterocycles. The SMILES string of the molecule is CCOC(=O)C1(Cc2cc(Br)ccc2F)COCCC1=O. The van der Waals surface area contributed by atoms with Gasteiger partial charge in [0.2, 0.25) is 0 Å². The summed E-state index contributed by atoms with van der Waals surface area (Å²) in [6, 6.07) is 4.43. The molecule has 0 amide bonds. The lowest BCUT2D eigenvalue weighted by atomic mass is 9.76. The summed E-state index contributed by atoms with van der Waals surface area (Å²) in [5.41, 5.74) is -1.16. The molecule has 1 saturated heterocycles. The summed E-state index contributed by atoms with van der Waals surface area (Å²) in [4.78, 5) is 24.6. The van der Waals surface area contributed by atoms with E-state index >= 15 is 0 Å². The summed E-state index contributed by atoms with van der Waals surface area (Å²) in [5.74, 6) is -1.36. The number of halogens is 2. The number of carbonyl (C=O) groups is 2. The predicted octanol–water partition coefficient (Wildman–Crippen LogP) is 2.67. The Hall–Kier alpha value is -1.27. The first kappa shape index (κ1) is 16.1. The van der Waals surface area contributed by atoms with Crippen LogP contribution in [-0.4, -0.2) is 31.6 Å². The maximum absolute atomic E-state index is 13.9. The van der Waals surface area contributed by atoms with E-state index in [0.717, 1.165) is 0 Å². The molecule has 1 fully saturated rings. The first-order valence-electron chi connectivity index (χ1n) is 6.72. The Bertz CT molecular complexity index is 561. The summed E-state index contributed by atoms with van der Waals surface area (Å²) in [7, 11) is 0. The van der Waals surface area contributed by atoms with Crippen LogP contribution in [0.1, 0.15) is 18.9 Å². The quantitative estimate of drug-likeness (QED) is 0.613. The molecule has 0 aliphatic carbocycles. The summed E-state index contributed by atoms with van der Waals surface area (Å²) < 4.78 is 25.0. The van der Waals surface area contributed by atoms with Crippen LogP contribution in [-0.2, 0) is 25.5 Å². The Morgan fingerprint density at radius 2 is 2.29 bits per heavy atom. The van der Waals surface area contributed by atoms with Gasteiger partial charge in [0.05, 0.1) is 19.8 Å². The topological polar surface area (TPSA) is 52.6 Å². The van der Waals surface area contributed by atoms with Crippen LogP contribution in [0.25, 0.3) is 0 Å². The fourth-order valence-corrected chi connectivity index (χ4v) is 2.81. The van der Waals surface area contributed by atoms with Crippen molar-refractivity contribution in [2.24, 2.45) is 5.41 Å². The standard InChI is InChI=1S/C15H16BrFO4/c1-2-21-14(19)15(9-20-6-5-13(15)18)8-10-7-11(16)3-4-12(10)17/h3-4,7H,2,5-6,8-9H2,1H3. The van der Waals surface area contributed by atoms with Crippen LogP contribution in [0.2, 0.25) is 0 Å². The van der Waals surface area contributed by atoms with E-state index in [1.165, 1.54) is 6.07 Å². The van der Waals surface area contributed by atoms with Gasteiger partial charge in [-0.15, -0.1) is 0 Å². The van der Waals surface area contributed by atoms with Gasteiger partial charge in [-0.05, 0) is 30.7 Å². The molecule has 0 spiro atoms. The van der Waals surface area contributed by atoms with Crippen molar-refractivity contribution in [2.75, 3.05) is 19.8 Å². The molecular weight excluding hydrogens is 343 g/mol. The molecule has 1 aliphatic heterocycles. The summed E-state index contributed by atoms with van der Waals surface area (Å²) in [6.07, 6.45) is 0.0738. The zero-order valence-corrected chi connectivity index (χ0v) is 13.2. The number of ketones is 1. The molecule has 1 aromatic carbocycles. The molecule has 1 unspecified atom stereocenters. The molecule has 0 bridgehead atoms. The molecule has 1 atom stereocenters. The van der Waals surface area contributed by atoms with Gasteiger partial charge in [-0.3, -0.25) is 9.59 Å². The van der Waals surface area contributed by atoms with Crippen LogP contribution < -0.4 is 0 Å². The first-order valence-corrected chi connectivity index (χ1v) is 7.51. The third-order valence-electron chi connectivity index (χ3n) is 3.52. The summed E-state index contributed by atoms with van der Waals surface area (Å²) >= 11 is 3.26. The number of hydrogen-bond donors (Lipinski definition) is 0. The lowest BCUT2D eigenvalue weighted by molar-refractivity contribution is -0.169. The second-order valence-electron chi connectivity index (χ2n) is 4.94. The maximum atomic E-state index is 13.9. The van der Waals surface area contributed by atoms with E-state index in [1.807, 2.05) is 0 Å². The van der Waals surface area contributed by atoms with E-state index in [4.69, 9.17) is 9.47 Å². The van der Waals surface area contributed by atoms with Crippen molar-refractivity contribution < 1.29 is 23.5 Å². The number of rotatable bonds is 4. The average Bonchev–Trinajstić information content (AvgIpc) is 2.45. The lowest BCUT2D eigenvalue weighted by Crippen LogP contribution is -2.49. The van der Waals surface area contributed by atoms with Crippen LogP contribution in [0, 0.1) is 11.2 Å². The van der Waals surface area contributed by atoms with Crippen molar-refractivity contribution in [1.29, 1.82) is 0 Å². The van der Waals surface area contributed by atoms with Crippen molar-refractivity contribution in [2.45, 2.75) is 19.8 Å². The van der Waals surface area contributed by atoms with Gasteiger partial charge in [0, 0.05) is 17.3 Å². The fraction of sp³-hybridized carbons (Fsp3) is 0.467. The smallest absolute Gasteiger partial charge is 0.322 e. The highest BCUT2D eigenvalue weighted by atomic mass is 79.9. The second-order valence-corrected chi connectivity index (χ2v) is 5.86. The summed E-state index contributed by atoms with van der Waals surface area (Å²) in [6.45, 7) is 2.03. The van der Waals surface area contributed by atoms with E-state index in [1.54, 1.807) is 19.1 Å². The molecule has 6 heteroatoms. The van der Waals surface area contributed by atoms with Gasteiger partial charge in [-0.1, -0.05) is 15.9 Å². The van der Waals surface area contributed by atoms with Crippen LogP contribution in [0.15, 0.2) is 22.7 Å². The van der Waals surface area contributed by atoms with Crippen molar-refractivity contribution >= 4 is 27.7 Å². The molecule has 0 N–H and O–H groups in total. The normalized spacial score (nSPS) is 22.1. The molecule has 1 aliphatic rings. The van der Waals surface area contributed by atoms with Gasteiger partial charge in [0.15, 0.2) is 11.2 Å². The molecule has 21 heavy (non-hydrogen) atoms. The molecule has 0 radical (unpaired) electrons. The van der Waals surface area contributed by atoms with Gasteiger partial charge in [0.25, 0.3) is 0 Å². The Morgan fingerprint density at radius 3 is 2.95 bits per heavy atom. The molecule has 4 nitrogen and oxygen atoms in total. The number of esters is 1. The highest BCUT2D eigenvalue weighted by Gasteiger charge is 2.49. The van der Waals surface area contributed by atoms with E-state index in [2.05, 4.69) is 15.9 Å². The second kappa shape index (κ2) is 6.66. The average molecular weight is 359 g/mol. The Morgan fingerprint density at radius 1 is 1.52 bits per heavy atom. The number of ether oxygens (including phenoxy) is 2. The third-order valence-corrected chi connectivity index (χ3v) is 4.02. The minimum absolute atomic E-state index is 0.0596. The summed E-state index contributed by atoms with van der Waals surface area (Å²) in [5, 5.41) is 0. The van der Waals surface area contributed by atoms with Crippen LogP contribution in [0.4, 0.5) is 4.39 Å². The zero-order valence-electron chi connectivity index (χ0n) is 11.7. The van der Waals surface area contributed by atoms with Crippen molar-refractivity contribution in [1.82, 2.24) is 0 Å². The molecular formula is C15H16BrFO4. The van der Waals surface area contributed by atoms with Gasteiger partial charge in [-0.2, -0.15) is 0 Å². The van der Waals surface area contributed by atoms with Gasteiger partial charge >= 0.3 is 5.97 Å². The molecule has 114 valence electrons. The Balaban J connectivity index is 2.38. The highest BCUT2D eigenvalue weighted by molar-refractivity contribution is 9.10. The predicted molar refractivity (Wildman–Crippen MR) is 77.3 cm³/mol. The van der Waals surface area contributed by atoms with Crippen LogP contribution in [0.5, 0.6) is 0 Å². The van der Waals surface area contributed by atoms with Crippen molar-refractivity contribution in [3.05, 3.63) is 34.1 Å². The minimum atomic E-state index is -1.45. The minimum Gasteiger partial charge on any atom is -0.465 e. The lowest BCUT2D eigenvalue weighted by Gasteiger charge is -2.33. The molecule has 1 aromatic rings. The van der Waals surface area contributed by atoms with E-state index in [0.29, 0.717) is 4.47 Å². The highest BCUT2D eigenvalue weighted by Crippen LogP contribution is 2.33. The molecule has 2 rings (SSSR count). The number of Topliss-reactive ketones (excluding diaryl/α,β-unsaturated/α-hetero) is 1. The number of benzene rings is 1. The number of carbonyl (C=O) groups excluding carboxylic acids is 2. The first-order chi connectivity index (χ1) is 9.99. The van der Waals surface area contributed by atoms with Crippen LogP contribution in [0.3, 0.4) is 0 Å². The Labute approximate surface area is 130 Å². The molecule has 0 aromatic heterocycles. The number of hydrogen-bond acceptors (Lipinski definition) is 4. The van der Waals surface area contributed by atoms with E-state index in [-0.39, 0.29) is 44.0 Å². The fourth-order valence-electron chi connectivity index (χ4n) is 2.40. The molecule has 0 saturated carbocycles. The van der Waals surface area contributed by atoms with Gasteiger partial charge in [-0.25, -0.2) is 4.39 Å². The van der Waals surface area contributed by atoms with E-state index < -0.39 is 17.2 Å². The van der Waals surface area contributed by atoms with E-state index in [9.17, 15) is 14.0 Å². The van der Waals surface area contributed by atoms with Gasteiger partial charge in [0.1, 0.15) is 5.82 Å².